The number of rotatable bonds is 8. The molecule has 3 N–H and O–H groups in total. The fraction of sp³-hybridized carbons (Fsp3) is 0.444. The molecule has 2 aromatic rings. The molecular formula is C18H28N6. The van der Waals surface area contributed by atoms with Crippen molar-refractivity contribution in [3.8, 4) is 0 Å². The fourth-order valence-electron chi connectivity index (χ4n) is 2.43. The summed E-state index contributed by atoms with van der Waals surface area (Å²) in [5.41, 5.74) is 2.38. The molecule has 2 rings (SSSR count). The molecule has 0 fully saturated rings. The number of nitrogens with zero attached hydrogens (tertiary/aromatic N) is 3. The topological polar surface area (TPSA) is 68.3 Å². The van der Waals surface area contributed by atoms with Gasteiger partial charge in [0.15, 0.2) is 5.96 Å². The van der Waals surface area contributed by atoms with Crippen molar-refractivity contribution < 1.29 is 0 Å². The standard InChI is InChI=1S/C18H28N6/c1-15(24(3)14-16-7-5-4-6-8-16)9-11-20-18(19-2)21-13-17-10-12-22-23-17/h4-8,10,12,15H,9,11,13-14H2,1-3H3,(H,22,23)(H2,19,20,21). The normalized spacial score (nSPS) is 13.1. The molecule has 130 valence electrons. The SMILES string of the molecule is CN=C(NCCC(C)N(C)Cc1ccccc1)NCc1ccn[nH]1. The number of benzene rings is 1. The molecule has 0 saturated carbocycles. The van der Waals surface area contributed by atoms with Crippen LogP contribution in [0.4, 0.5) is 0 Å². The number of aliphatic imine (C=N–C) groups is 1. The van der Waals surface area contributed by atoms with E-state index < -0.39 is 0 Å². The molecule has 6 nitrogen and oxygen atoms in total. The van der Waals surface area contributed by atoms with E-state index in [1.54, 1.807) is 13.2 Å². The Morgan fingerprint density at radius 2 is 2.04 bits per heavy atom. The summed E-state index contributed by atoms with van der Waals surface area (Å²) in [5, 5.41) is 13.5. The predicted molar refractivity (Wildman–Crippen MR) is 98.8 cm³/mol. The van der Waals surface area contributed by atoms with Crippen molar-refractivity contribution in [2.75, 3.05) is 20.6 Å². The van der Waals surface area contributed by atoms with E-state index in [0.717, 1.165) is 31.2 Å². The van der Waals surface area contributed by atoms with E-state index in [9.17, 15) is 0 Å². The summed E-state index contributed by atoms with van der Waals surface area (Å²) in [6.07, 6.45) is 2.80. The average molecular weight is 328 g/mol. The third-order valence-electron chi connectivity index (χ3n) is 4.11. The maximum absolute atomic E-state index is 4.24. The Morgan fingerprint density at radius 1 is 1.25 bits per heavy atom. The summed E-state index contributed by atoms with van der Waals surface area (Å²) < 4.78 is 0. The Bertz CT molecular complexity index is 593. The zero-order valence-corrected chi connectivity index (χ0v) is 14.8. The smallest absolute Gasteiger partial charge is 0.191 e. The second kappa shape index (κ2) is 9.72. The molecule has 24 heavy (non-hydrogen) atoms. The van der Waals surface area contributed by atoms with Crippen LogP contribution >= 0.6 is 0 Å². The van der Waals surface area contributed by atoms with Gasteiger partial charge in [0.05, 0.1) is 12.2 Å². The largest absolute Gasteiger partial charge is 0.356 e. The van der Waals surface area contributed by atoms with Gasteiger partial charge >= 0.3 is 0 Å². The molecule has 0 saturated heterocycles. The van der Waals surface area contributed by atoms with Gasteiger partial charge in [0.25, 0.3) is 0 Å². The zero-order valence-electron chi connectivity index (χ0n) is 14.8. The van der Waals surface area contributed by atoms with Gasteiger partial charge in [-0.2, -0.15) is 5.10 Å². The third kappa shape index (κ3) is 6.04. The lowest BCUT2D eigenvalue weighted by atomic mass is 10.1. The number of aromatic amines is 1. The molecule has 0 bridgehead atoms. The molecule has 0 aliphatic heterocycles. The molecule has 1 aromatic carbocycles. The molecule has 1 atom stereocenters. The van der Waals surface area contributed by atoms with Crippen LogP contribution in [0.5, 0.6) is 0 Å². The highest BCUT2D eigenvalue weighted by molar-refractivity contribution is 5.79. The van der Waals surface area contributed by atoms with Gasteiger partial charge < -0.3 is 10.6 Å². The quantitative estimate of drug-likeness (QED) is 0.512. The molecule has 0 radical (unpaired) electrons. The van der Waals surface area contributed by atoms with Crippen LogP contribution in [0, 0.1) is 0 Å². The van der Waals surface area contributed by atoms with Crippen molar-refractivity contribution >= 4 is 5.96 Å². The van der Waals surface area contributed by atoms with Gasteiger partial charge in [-0.15, -0.1) is 0 Å². The Kier molecular flexibility index (Phi) is 7.29. The molecule has 0 aliphatic rings. The maximum Gasteiger partial charge on any atom is 0.191 e. The maximum atomic E-state index is 4.24. The molecule has 1 aromatic heterocycles. The number of guanidine groups is 1. The van der Waals surface area contributed by atoms with Crippen molar-refractivity contribution in [3.05, 3.63) is 53.9 Å². The summed E-state index contributed by atoms with van der Waals surface area (Å²) in [5.74, 6) is 0.808. The molecule has 0 aliphatic carbocycles. The Morgan fingerprint density at radius 3 is 2.71 bits per heavy atom. The van der Waals surface area contributed by atoms with Crippen LogP contribution in [0.3, 0.4) is 0 Å². The van der Waals surface area contributed by atoms with E-state index in [0.29, 0.717) is 12.6 Å². The van der Waals surface area contributed by atoms with Gasteiger partial charge in [0.1, 0.15) is 0 Å². The van der Waals surface area contributed by atoms with Gasteiger partial charge in [0, 0.05) is 32.4 Å². The van der Waals surface area contributed by atoms with E-state index in [1.807, 2.05) is 6.07 Å². The average Bonchev–Trinajstić information content (AvgIpc) is 3.12. The highest BCUT2D eigenvalue weighted by atomic mass is 15.2. The van der Waals surface area contributed by atoms with Crippen molar-refractivity contribution in [1.82, 2.24) is 25.7 Å². The van der Waals surface area contributed by atoms with Crippen LogP contribution in [-0.2, 0) is 13.1 Å². The first-order chi connectivity index (χ1) is 11.7. The monoisotopic (exact) mass is 328 g/mol. The van der Waals surface area contributed by atoms with E-state index in [1.165, 1.54) is 5.56 Å². The van der Waals surface area contributed by atoms with Crippen molar-refractivity contribution in [1.29, 1.82) is 0 Å². The van der Waals surface area contributed by atoms with Gasteiger partial charge in [0.2, 0.25) is 0 Å². The van der Waals surface area contributed by atoms with Gasteiger partial charge in [-0.25, -0.2) is 0 Å². The van der Waals surface area contributed by atoms with E-state index in [-0.39, 0.29) is 0 Å². The van der Waals surface area contributed by atoms with Crippen molar-refractivity contribution in [2.45, 2.75) is 32.5 Å². The second-order valence-corrected chi connectivity index (χ2v) is 5.97. The van der Waals surface area contributed by atoms with Crippen LogP contribution < -0.4 is 10.6 Å². The lowest BCUT2D eigenvalue weighted by Gasteiger charge is -2.25. The molecule has 6 heteroatoms. The summed E-state index contributed by atoms with van der Waals surface area (Å²) in [6, 6.07) is 13.0. The predicted octanol–water partition coefficient (Wildman–Crippen LogP) is 1.99. The lowest BCUT2D eigenvalue weighted by molar-refractivity contribution is 0.238. The zero-order chi connectivity index (χ0) is 17.2. The van der Waals surface area contributed by atoms with E-state index >= 15 is 0 Å². The molecule has 0 amide bonds. The van der Waals surface area contributed by atoms with Crippen LogP contribution in [0.15, 0.2) is 47.6 Å². The third-order valence-corrected chi connectivity index (χ3v) is 4.11. The van der Waals surface area contributed by atoms with Crippen LogP contribution in [0.2, 0.25) is 0 Å². The number of hydrogen-bond acceptors (Lipinski definition) is 3. The van der Waals surface area contributed by atoms with Gasteiger partial charge in [-0.1, -0.05) is 30.3 Å². The number of hydrogen-bond donors (Lipinski definition) is 3. The minimum atomic E-state index is 0.489. The van der Waals surface area contributed by atoms with Crippen molar-refractivity contribution in [2.24, 2.45) is 4.99 Å². The highest BCUT2D eigenvalue weighted by Crippen LogP contribution is 2.07. The molecule has 1 unspecified atom stereocenters. The van der Waals surface area contributed by atoms with Crippen molar-refractivity contribution in [3.63, 3.8) is 0 Å². The number of H-pyrrole nitrogens is 1. The van der Waals surface area contributed by atoms with E-state index in [4.69, 9.17) is 0 Å². The molecule has 1 heterocycles. The van der Waals surface area contributed by atoms with Crippen LogP contribution in [0.25, 0.3) is 0 Å². The Labute approximate surface area is 144 Å². The first kappa shape index (κ1) is 18.0. The van der Waals surface area contributed by atoms with Crippen LogP contribution in [-0.4, -0.2) is 47.7 Å². The summed E-state index contributed by atoms with van der Waals surface area (Å²) in [4.78, 5) is 6.62. The molecular weight excluding hydrogens is 300 g/mol. The molecule has 0 spiro atoms. The lowest BCUT2D eigenvalue weighted by Crippen LogP contribution is -2.39. The minimum absolute atomic E-state index is 0.489. The Hall–Kier alpha value is -2.34. The summed E-state index contributed by atoms with van der Waals surface area (Å²) in [7, 11) is 3.95. The summed E-state index contributed by atoms with van der Waals surface area (Å²) in [6.45, 7) is 4.78. The first-order valence-corrected chi connectivity index (χ1v) is 8.36. The van der Waals surface area contributed by atoms with Gasteiger partial charge in [-0.3, -0.25) is 15.0 Å². The number of nitrogens with one attached hydrogen (secondary N) is 3. The highest BCUT2D eigenvalue weighted by Gasteiger charge is 2.09. The first-order valence-electron chi connectivity index (χ1n) is 8.36. The number of aromatic nitrogens is 2. The minimum Gasteiger partial charge on any atom is -0.356 e. The van der Waals surface area contributed by atoms with Crippen LogP contribution in [0.1, 0.15) is 24.6 Å². The van der Waals surface area contributed by atoms with Gasteiger partial charge in [-0.05, 0) is 32.0 Å². The fourth-order valence-corrected chi connectivity index (χ4v) is 2.43. The van der Waals surface area contributed by atoms with E-state index in [2.05, 4.69) is 75.0 Å². The Balaban J connectivity index is 1.67. The summed E-state index contributed by atoms with van der Waals surface area (Å²) >= 11 is 0. The second-order valence-electron chi connectivity index (χ2n) is 5.97.